The van der Waals surface area contributed by atoms with Gasteiger partial charge in [-0.05, 0) is 30.8 Å². The van der Waals surface area contributed by atoms with Gasteiger partial charge in [0, 0.05) is 5.69 Å². The van der Waals surface area contributed by atoms with Gasteiger partial charge in [0.15, 0.2) is 5.37 Å². The number of aryl methyl sites for hydroxylation is 1. The van der Waals surface area contributed by atoms with E-state index in [2.05, 4.69) is 5.32 Å². The SMILES string of the molecule is Cc1ccc(N[C@H]2SC(=O)N(CC(=O)O)C2=O)cc1. The molecule has 1 aromatic rings. The molecule has 1 atom stereocenters. The summed E-state index contributed by atoms with van der Waals surface area (Å²) >= 11 is 0.786. The van der Waals surface area contributed by atoms with Gasteiger partial charge in [0.2, 0.25) is 0 Å². The topological polar surface area (TPSA) is 86.7 Å². The molecule has 1 aliphatic heterocycles. The van der Waals surface area contributed by atoms with Gasteiger partial charge in [0.05, 0.1) is 0 Å². The molecular weight excluding hydrogens is 268 g/mol. The monoisotopic (exact) mass is 280 g/mol. The summed E-state index contributed by atoms with van der Waals surface area (Å²) in [5.41, 5.74) is 1.79. The highest BCUT2D eigenvalue weighted by Crippen LogP contribution is 2.27. The van der Waals surface area contributed by atoms with Gasteiger partial charge in [-0.2, -0.15) is 0 Å². The third kappa shape index (κ3) is 3.05. The lowest BCUT2D eigenvalue weighted by Gasteiger charge is -2.12. The number of nitrogens with one attached hydrogen (secondary N) is 1. The first-order chi connectivity index (χ1) is 8.97. The molecule has 2 N–H and O–H groups in total. The van der Waals surface area contributed by atoms with E-state index < -0.39 is 29.0 Å². The van der Waals surface area contributed by atoms with E-state index in [1.165, 1.54) is 0 Å². The summed E-state index contributed by atoms with van der Waals surface area (Å²) in [5.74, 6) is -1.74. The molecule has 1 aromatic carbocycles. The number of amides is 2. The van der Waals surface area contributed by atoms with Crippen molar-refractivity contribution in [1.29, 1.82) is 0 Å². The number of carboxylic acids is 1. The summed E-state index contributed by atoms with van der Waals surface area (Å²) in [5, 5.41) is 10.2. The van der Waals surface area contributed by atoms with Crippen molar-refractivity contribution in [1.82, 2.24) is 4.90 Å². The van der Waals surface area contributed by atoms with Gasteiger partial charge in [-0.1, -0.05) is 17.7 Å². The van der Waals surface area contributed by atoms with Crippen molar-refractivity contribution < 1.29 is 19.5 Å². The van der Waals surface area contributed by atoms with Crippen LogP contribution < -0.4 is 5.32 Å². The molecule has 0 aliphatic carbocycles. The number of carboxylic acid groups (broad SMARTS) is 1. The van der Waals surface area contributed by atoms with Crippen LogP contribution in [-0.4, -0.2) is 39.0 Å². The highest BCUT2D eigenvalue weighted by atomic mass is 32.2. The maximum absolute atomic E-state index is 11.9. The van der Waals surface area contributed by atoms with Crippen LogP contribution in [-0.2, 0) is 9.59 Å². The van der Waals surface area contributed by atoms with Gasteiger partial charge < -0.3 is 10.4 Å². The second kappa shape index (κ2) is 5.31. The van der Waals surface area contributed by atoms with Crippen molar-refractivity contribution in [2.24, 2.45) is 0 Å². The predicted octanol–water partition coefficient (Wildman–Crippen LogP) is 1.51. The molecule has 2 rings (SSSR count). The van der Waals surface area contributed by atoms with Gasteiger partial charge in [-0.3, -0.25) is 19.3 Å². The van der Waals surface area contributed by atoms with Crippen molar-refractivity contribution >= 4 is 34.6 Å². The molecule has 0 bridgehead atoms. The minimum Gasteiger partial charge on any atom is -0.480 e. The normalized spacial score (nSPS) is 18.8. The van der Waals surface area contributed by atoms with E-state index in [-0.39, 0.29) is 0 Å². The largest absolute Gasteiger partial charge is 0.480 e. The van der Waals surface area contributed by atoms with Gasteiger partial charge in [-0.25, -0.2) is 0 Å². The van der Waals surface area contributed by atoms with E-state index in [9.17, 15) is 14.4 Å². The molecule has 0 saturated carbocycles. The third-order valence-corrected chi connectivity index (χ3v) is 3.55. The van der Waals surface area contributed by atoms with E-state index in [0.29, 0.717) is 5.69 Å². The fraction of sp³-hybridized carbons (Fsp3) is 0.250. The Balaban J connectivity index is 2.06. The molecule has 1 aliphatic rings. The van der Waals surface area contributed by atoms with Crippen LogP contribution in [0.3, 0.4) is 0 Å². The maximum atomic E-state index is 11.9. The number of aliphatic carboxylic acids is 1. The van der Waals surface area contributed by atoms with Crippen LogP contribution in [0.5, 0.6) is 0 Å². The molecule has 19 heavy (non-hydrogen) atoms. The lowest BCUT2D eigenvalue weighted by Crippen LogP contribution is -2.37. The molecule has 100 valence electrons. The molecule has 1 saturated heterocycles. The van der Waals surface area contributed by atoms with Crippen molar-refractivity contribution in [2.45, 2.75) is 12.3 Å². The Hall–Kier alpha value is -2.02. The standard InChI is InChI=1S/C12H12N2O4S/c1-7-2-4-8(5-3-7)13-10-11(17)14(6-9(15)16)12(18)19-10/h2-5,10,13H,6H2,1H3,(H,15,16)/t10-/m0/s1. The first-order valence-corrected chi connectivity index (χ1v) is 6.42. The number of hydrogen-bond donors (Lipinski definition) is 2. The van der Waals surface area contributed by atoms with Gasteiger partial charge in [0.1, 0.15) is 6.54 Å². The summed E-state index contributed by atoms with van der Waals surface area (Å²) in [6.45, 7) is 1.34. The second-order valence-electron chi connectivity index (χ2n) is 4.09. The first kappa shape index (κ1) is 13.4. The molecular formula is C12H12N2O4S. The molecule has 1 fully saturated rings. The van der Waals surface area contributed by atoms with Crippen LogP contribution in [0, 0.1) is 6.92 Å². The van der Waals surface area contributed by atoms with Crippen molar-refractivity contribution in [3.8, 4) is 0 Å². The molecule has 0 aromatic heterocycles. The Morgan fingerprint density at radius 2 is 2.00 bits per heavy atom. The second-order valence-corrected chi connectivity index (χ2v) is 5.15. The maximum Gasteiger partial charge on any atom is 0.323 e. The summed E-state index contributed by atoms with van der Waals surface area (Å²) < 4.78 is 0. The Bertz CT molecular complexity index is 529. The third-order valence-electron chi connectivity index (χ3n) is 2.57. The summed E-state index contributed by atoms with van der Waals surface area (Å²) in [7, 11) is 0. The molecule has 7 heteroatoms. The quantitative estimate of drug-likeness (QED) is 0.869. The zero-order valence-corrected chi connectivity index (χ0v) is 10.9. The van der Waals surface area contributed by atoms with E-state index in [1.54, 1.807) is 12.1 Å². The molecule has 6 nitrogen and oxygen atoms in total. The van der Waals surface area contributed by atoms with Gasteiger partial charge >= 0.3 is 5.97 Å². The van der Waals surface area contributed by atoms with E-state index in [4.69, 9.17) is 5.11 Å². The van der Waals surface area contributed by atoms with Crippen molar-refractivity contribution in [3.05, 3.63) is 29.8 Å². The van der Waals surface area contributed by atoms with Crippen LogP contribution in [0.25, 0.3) is 0 Å². The van der Waals surface area contributed by atoms with Crippen LogP contribution in [0.4, 0.5) is 10.5 Å². The smallest absolute Gasteiger partial charge is 0.323 e. The zero-order valence-electron chi connectivity index (χ0n) is 10.1. The summed E-state index contributed by atoms with van der Waals surface area (Å²) in [6, 6.07) is 7.35. The number of rotatable bonds is 4. The number of anilines is 1. The average Bonchev–Trinajstić information content (AvgIpc) is 2.60. The van der Waals surface area contributed by atoms with Crippen LogP contribution in [0.1, 0.15) is 5.56 Å². The first-order valence-electron chi connectivity index (χ1n) is 5.54. The number of hydrogen-bond acceptors (Lipinski definition) is 5. The molecule has 0 unspecified atom stereocenters. The minimum absolute atomic E-state index is 0.530. The Morgan fingerprint density at radius 3 is 2.58 bits per heavy atom. The fourth-order valence-electron chi connectivity index (χ4n) is 1.62. The predicted molar refractivity (Wildman–Crippen MR) is 70.9 cm³/mol. The Kier molecular flexibility index (Phi) is 3.75. The van der Waals surface area contributed by atoms with Crippen LogP contribution >= 0.6 is 11.8 Å². The number of nitrogens with zero attached hydrogens (tertiary/aromatic N) is 1. The zero-order chi connectivity index (χ0) is 14.0. The number of carbonyl (C=O) groups is 3. The molecule has 2 amide bonds. The number of carbonyl (C=O) groups excluding carboxylic acids is 2. The lowest BCUT2D eigenvalue weighted by atomic mass is 10.2. The lowest BCUT2D eigenvalue weighted by molar-refractivity contribution is -0.141. The van der Waals surface area contributed by atoms with Gasteiger partial charge in [-0.15, -0.1) is 0 Å². The Morgan fingerprint density at radius 1 is 1.37 bits per heavy atom. The highest BCUT2D eigenvalue weighted by molar-refractivity contribution is 8.15. The highest BCUT2D eigenvalue weighted by Gasteiger charge is 2.40. The number of thioether (sulfide) groups is 1. The van der Waals surface area contributed by atoms with Crippen molar-refractivity contribution in [2.75, 3.05) is 11.9 Å². The number of imide groups is 1. The summed E-state index contributed by atoms with van der Waals surface area (Å²) in [4.78, 5) is 34.7. The van der Waals surface area contributed by atoms with E-state index in [1.807, 2.05) is 19.1 Å². The fourth-order valence-corrected chi connectivity index (χ4v) is 2.52. The van der Waals surface area contributed by atoms with E-state index in [0.717, 1.165) is 22.2 Å². The minimum atomic E-state index is -1.21. The molecule has 1 heterocycles. The average molecular weight is 280 g/mol. The Labute approximate surface area is 113 Å². The van der Waals surface area contributed by atoms with Crippen molar-refractivity contribution in [3.63, 3.8) is 0 Å². The van der Waals surface area contributed by atoms with Gasteiger partial charge in [0.25, 0.3) is 11.1 Å². The number of benzene rings is 1. The van der Waals surface area contributed by atoms with E-state index >= 15 is 0 Å². The van der Waals surface area contributed by atoms with Crippen LogP contribution in [0.15, 0.2) is 24.3 Å². The molecule has 0 spiro atoms. The van der Waals surface area contributed by atoms with Crippen LogP contribution in [0.2, 0.25) is 0 Å². The molecule has 0 radical (unpaired) electrons. The summed E-state index contributed by atoms with van der Waals surface area (Å²) in [6.07, 6.45) is 0.